The van der Waals surface area contributed by atoms with Gasteiger partial charge in [-0.1, -0.05) is 23.7 Å². The van der Waals surface area contributed by atoms with E-state index in [0.29, 0.717) is 31.0 Å². The SMILES string of the molecule is O=C(NCc1ncc(Nc2ccccc2C(F)(F)F)cc1Cl)C1CCOC1. The molecule has 1 atom stereocenters. The van der Waals surface area contributed by atoms with Crippen molar-refractivity contribution in [2.45, 2.75) is 19.1 Å². The Kier molecular flexibility index (Phi) is 5.86. The molecule has 1 fully saturated rings. The van der Waals surface area contributed by atoms with Crippen LogP contribution in [0.1, 0.15) is 17.7 Å². The highest BCUT2D eigenvalue weighted by atomic mass is 35.5. The highest BCUT2D eigenvalue weighted by Crippen LogP contribution is 2.36. The summed E-state index contributed by atoms with van der Waals surface area (Å²) in [6, 6.07) is 6.62. The van der Waals surface area contributed by atoms with Crippen molar-refractivity contribution < 1.29 is 22.7 Å². The van der Waals surface area contributed by atoms with Gasteiger partial charge >= 0.3 is 6.18 Å². The standard InChI is InChI=1S/C18H17ClF3N3O2/c19-14-7-12(25-15-4-2-1-3-13(15)18(20,21)22)8-23-16(14)9-24-17(26)11-5-6-27-10-11/h1-4,7-8,11,25H,5-6,9-10H2,(H,24,26). The number of aromatic nitrogens is 1. The Bertz CT molecular complexity index is 824. The topological polar surface area (TPSA) is 63.2 Å². The van der Waals surface area contributed by atoms with E-state index in [-0.39, 0.29) is 29.1 Å². The number of ether oxygens (including phenoxy) is 1. The number of nitrogens with zero attached hydrogens (tertiary/aromatic N) is 1. The highest BCUT2D eigenvalue weighted by Gasteiger charge is 2.33. The van der Waals surface area contributed by atoms with Gasteiger partial charge in [0.15, 0.2) is 0 Å². The van der Waals surface area contributed by atoms with Gasteiger partial charge in [-0.15, -0.1) is 0 Å². The molecule has 1 aromatic carbocycles. The number of benzene rings is 1. The smallest absolute Gasteiger partial charge is 0.381 e. The lowest BCUT2D eigenvalue weighted by atomic mass is 10.1. The molecular formula is C18H17ClF3N3O2. The van der Waals surface area contributed by atoms with E-state index in [1.54, 1.807) is 0 Å². The van der Waals surface area contributed by atoms with E-state index in [1.807, 2.05) is 0 Å². The quantitative estimate of drug-likeness (QED) is 0.792. The fraction of sp³-hybridized carbons (Fsp3) is 0.333. The minimum Gasteiger partial charge on any atom is -0.381 e. The second kappa shape index (κ2) is 8.14. The molecule has 1 aromatic heterocycles. The van der Waals surface area contributed by atoms with Crippen molar-refractivity contribution >= 4 is 28.9 Å². The molecule has 2 aromatic rings. The summed E-state index contributed by atoms with van der Waals surface area (Å²) in [5, 5.41) is 5.67. The molecule has 1 unspecified atom stereocenters. The lowest BCUT2D eigenvalue weighted by Gasteiger charge is -2.15. The van der Waals surface area contributed by atoms with Crippen molar-refractivity contribution in [2.24, 2.45) is 5.92 Å². The summed E-state index contributed by atoms with van der Waals surface area (Å²) in [4.78, 5) is 16.1. The molecule has 1 saturated heterocycles. The average molecular weight is 400 g/mol. The maximum absolute atomic E-state index is 13.1. The number of pyridine rings is 1. The van der Waals surface area contributed by atoms with E-state index in [2.05, 4.69) is 15.6 Å². The van der Waals surface area contributed by atoms with Crippen molar-refractivity contribution in [3.63, 3.8) is 0 Å². The van der Waals surface area contributed by atoms with E-state index in [0.717, 1.165) is 6.07 Å². The fourth-order valence-electron chi connectivity index (χ4n) is 2.72. The van der Waals surface area contributed by atoms with Gasteiger partial charge in [-0.05, 0) is 24.6 Å². The monoisotopic (exact) mass is 399 g/mol. The van der Waals surface area contributed by atoms with E-state index in [1.165, 1.54) is 30.5 Å². The third kappa shape index (κ3) is 4.90. The molecular weight excluding hydrogens is 383 g/mol. The van der Waals surface area contributed by atoms with Crippen molar-refractivity contribution in [1.29, 1.82) is 0 Å². The second-order valence-electron chi connectivity index (χ2n) is 6.10. The predicted molar refractivity (Wildman–Crippen MR) is 94.7 cm³/mol. The van der Waals surface area contributed by atoms with Crippen LogP contribution in [-0.2, 0) is 22.3 Å². The molecule has 5 nitrogen and oxygen atoms in total. The van der Waals surface area contributed by atoms with Gasteiger partial charge in [0.2, 0.25) is 5.91 Å². The first-order chi connectivity index (χ1) is 12.8. The van der Waals surface area contributed by atoms with Crippen LogP contribution in [0.3, 0.4) is 0 Å². The van der Waals surface area contributed by atoms with E-state index >= 15 is 0 Å². The van der Waals surface area contributed by atoms with Gasteiger partial charge in [0.05, 0.1) is 52.9 Å². The Hall–Kier alpha value is -2.32. The maximum Gasteiger partial charge on any atom is 0.418 e. The third-order valence-corrected chi connectivity index (χ3v) is 4.49. The number of hydrogen-bond acceptors (Lipinski definition) is 4. The summed E-state index contributed by atoms with van der Waals surface area (Å²) in [5.74, 6) is -0.310. The third-order valence-electron chi connectivity index (χ3n) is 4.16. The number of halogens is 4. The molecule has 0 bridgehead atoms. The Morgan fingerprint density at radius 1 is 1.33 bits per heavy atom. The number of para-hydroxylation sites is 1. The largest absolute Gasteiger partial charge is 0.418 e. The number of alkyl halides is 3. The van der Waals surface area contributed by atoms with Crippen LogP contribution >= 0.6 is 11.6 Å². The molecule has 1 aliphatic heterocycles. The van der Waals surface area contributed by atoms with Crippen LogP contribution < -0.4 is 10.6 Å². The van der Waals surface area contributed by atoms with Gasteiger partial charge in [0.25, 0.3) is 0 Å². The molecule has 2 heterocycles. The number of hydrogen-bond donors (Lipinski definition) is 2. The maximum atomic E-state index is 13.1. The molecule has 9 heteroatoms. The number of rotatable bonds is 5. The molecule has 1 aliphatic rings. The van der Waals surface area contributed by atoms with Gasteiger partial charge in [-0.2, -0.15) is 13.2 Å². The molecule has 27 heavy (non-hydrogen) atoms. The highest BCUT2D eigenvalue weighted by molar-refractivity contribution is 6.31. The van der Waals surface area contributed by atoms with Crippen LogP contribution in [0.25, 0.3) is 0 Å². The van der Waals surface area contributed by atoms with Crippen molar-refractivity contribution in [3.8, 4) is 0 Å². The van der Waals surface area contributed by atoms with Crippen LogP contribution in [0, 0.1) is 5.92 Å². The van der Waals surface area contributed by atoms with Crippen LogP contribution in [-0.4, -0.2) is 24.1 Å². The van der Waals surface area contributed by atoms with Crippen molar-refractivity contribution in [2.75, 3.05) is 18.5 Å². The minimum absolute atomic E-state index is 0.0925. The van der Waals surface area contributed by atoms with E-state index in [4.69, 9.17) is 16.3 Å². The molecule has 0 aliphatic carbocycles. The zero-order chi connectivity index (χ0) is 19.4. The van der Waals surface area contributed by atoms with Crippen LogP contribution in [0.15, 0.2) is 36.5 Å². The molecule has 2 N–H and O–H groups in total. The van der Waals surface area contributed by atoms with Crippen LogP contribution in [0.2, 0.25) is 5.02 Å². The lowest BCUT2D eigenvalue weighted by molar-refractivity contribution is -0.137. The molecule has 0 saturated carbocycles. The predicted octanol–water partition coefficient (Wildman–Crippen LogP) is 4.15. The first-order valence-electron chi connectivity index (χ1n) is 8.27. The lowest BCUT2D eigenvalue weighted by Crippen LogP contribution is -2.30. The summed E-state index contributed by atoms with van der Waals surface area (Å²) >= 11 is 6.17. The summed E-state index contributed by atoms with van der Waals surface area (Å²) < 4.78 is 44.4. The average Bonchev–Trinajstić information content (AvgIpc) is 3.15. The molecule has 1 amide bonds. The number of carbonyl (C=O) groups excluding carboxylic acids is 1. The van der Waals surface area contributed by atoms with Gasteiger partial charge in [-0.25, -0.2) is 0 Å². The minimum atomic E-state index is -4.48. The fourth-order valence-corrected chi connectivity index (χ4v) is 2.95. The summed E-state index contributed by atoms with van der Waals surface area (Å²) in [6.07, 6.45) is -2.43. The van der Waals surface area contributed by atoms with Gasteiger partial charge < -0.3 is 15.4 Å². The Morgan fingerprint density at radius 2 is 2.11 bits per heavy atom. The summed E-state index contributed by atoms with van der Waals surface area (Å²) in [7, 11) is 0. The molecule has 0 spiro atoms. The first-order valence-corrected chi connectivity index (χ1v) is 8.65. The van der Waals surface area contributed by atoms with E-state index in [9.17, 15) is 18.0 Å². The second-order valence-corrected chi connectivity index (χ2v) is 6.51. The summed E-state index contributed by atoms with van der Waals surface area (Å²) in [6.45, 7) is 1.10. The van der Waals surface area contributed by atoms with Gasteiger partial charge in [0.1, 0.15) is 0 Å². The Labute approximate surface area is 158 Å². The number of anilines is 2. The zero-order valence-electron chi connectivity index (χ0n) is 14.1. The molecule has 144 valence electrons. The van der Waals surface area contributed by atoms with Crippen molar-refractivity contribution in [3.05, 3.63) is 52.8 Å². The van der Waals surface area contributed by atoms with Crippen LogP contribution in [0.4, 0.5) is 24.5 Å². The number of nitrogens with one attached hydrogen (secondary N) is 2. The van der Waals surface area contributed by atoms with Gasteiger partial charge in [0, 0.05) is 6.61 Å². The van der Waals surface area contributed by atoms with Crippen LogP contribution in [0.5, 0.6) is 0 Å². The van der Waals surface area contributed by atoms with Crippen molar-refractivity contribution in [1.82, 2.24) is 10.3 Å². The van der Waals surface area contributed by atoms with Gasteiger partial charge in [-0.3, -0.25) is 9.78 Å². The first kappa shape index (κ1) is 19.4. The van der Waals surface area contributed by atoms with E-state index < -0.39 is 11.7 Å². The Morgan fingerprint density at radius 3 is 2.78 bits per heavy atom. The number of carbonyl (C=O) groups is 1. The molecule has 0 radical (unpaired) electrons. The number of amides is 1. The molecule has 3 rings (SSSR count). The normalized spacial score (nSPS) is 17.0. The summed E-state index contributed by atoms with van der Waals surface area (Å²) in [5.41, 5.74) is -0.129. The Balaban J connectivity index is 1.67. The zero-order valence-corrected chi connectivity index (χ0v) is 14.9.